The molecule has 0 aliphatic carbocycles. The molecule has 0 fully saturated rings. The van der Waals surface area contributed by atoms with Crippen molar-refractivity contribution >= 4 is 39.7 Å². The fraction of sp³-hybridized carbons (Fsp3) is 0.267. The molecule has 1 aromatic heterocycles. The minimum Gasteiger partial charge on any atom is -0.465 e. The van der Waals surface area contributed by atoms with Gasteiger partial charge < -0.3 is 9.47 Å². The maximum atomic E-state index is 12.5. The van der Waals surface area contributed by atoms with Crippen molar-refractivity contribution in [1.82, 2.24) is 19.7 Å². The summed E-state index contributed by atoms with van der Waals surface area (Å²) < 4.78 is 36.3. The minimum absolute atomic E-state index is 0.0805. The number of hydrogen-bond donors (Lipinski definition) is 2. The summed E-state index contributed by atoms with van der Waals surface area (Å²) in [6.45, 7) is 0.0805. The Morgan fingerprint density at radius 3 is 2.50 bits per heavy atom. The van der Waals surface area contributed by atoms with Gasteiger partial charge in [0.25, 0.3) is 10.0 Å². The second-order valence-electron chi connectivity index (χ2n) is 5.04. The van der Waals surface area contributed by atoms with Gasteiger partial charge in [-0.1, -0.05) is 23.9 Å². The third-order valence-electron chi connectivity index (χ3n) is 3.15. The average molecular weight is 427 g/mol. The monoisotopic (exact) mass is 427 g/mol. The normalized spacial score (nSPS) is 11.0. The SMILES string of the molecule is COCc1nc(NC(=O)NS(=O)(=O)c2ccccc2C(=O)OC)nc(SC)n1. The Hall–Kier alpha value is -2.77. The second kappa shape index (κ2) is 9.43. The first kappa shape index (κ1) is 21.5. The van der Waals surface area contributed by atoms with Crippen LogP contribution in [0.3, 0.4) is 0 Å². The maximum absolute atomic E-state index is 12.5. The van der Waals surface area contributed by atoms with E-state index in [4.69, 9.17) is 4.74 Å². The number of nitrogens with one attached hydrogen (secondary N) is 2. The first-order valence-electron chi connectivity index (χ1n) is 7.59. The van der Waals surface area contributed by atoms with Crippen molar-refractivity contribution in [2.24, 2.45) is 0 Å². The third kappa shape index (κ3) is 5.37. The topological polar surface area (TPSA) is 149 Å². The summed E-state index contributed by atoms with van der Waals surface area (Å²) in [6, 6.07) is 4.21. The van der Waals surface area contributed by atoms with Crippen LogP contribution in [0.4, 0.5) is 10.7 Å². The van der Waals surface area contributed by atoms with Crippen molar-refractivity contribution in [3.05, 3.63) is 35.7 Å². The van der Waals surface area contributed by atoms with Gasteiger partial charge in [-0.05, 0) is 18.4 Å². The number of rotatable bonds is 7. The molecular weight excluding hydrogens is 410 g/mol. The van der Waals surface area contributed by atoms with Crippen LogP contribution in [0.5, 0.6) is 0 Å². The molecule has 0 atom stereocenters. The predicted molar refractivity (Wildman–Crippen MR) is 99.4 cm³/mol. The molecule has 150 valence electrons. The maximum Gasteiger partial charge on any atom is 0.339 e. The highest BCUT2D eigenvalue weighted by Gasteiger charge is 2.25. The van der Waals surface area contributed by atoms with E-state index in [1.165, 1.54) is 43.1 Å². The summed E-state index contributed by atoms with van der Waals surface area (Å²) in [5.41, 5.74) is -0.211. The van der Waals surface area contributed by atoms with Crippen LogP contribution >= 0.6 is 11.8 Å². The number of aromatic nitrogens is 3. The number of benzene rings is 1. The van der Waals surface area contributed by atoms with Crippen LogP contribution in [0.1, 0.15) is 16.2 Å². The summed E-state index contributed by atoms with van der Waals surface area (Å²) in [4.78, 5) is 35.6. The van der Waals surface area contributed by atoms with Gasteiger partial charge in [-0.3, -0.25) is 5.32 Å². The van der Waals surface area contributed by atoms with Crippen LogP contribution in [0.15, 0.2) is 34.3 Å². The number of amides is 2. The highest BCUT2D eigenvalue weighted by molar-refractivity contribution is 7.98. The number of ether oxygens (including phenoxy) is 2. The Bertz CT molecular complexity index is 983. The van der Waals surface area contributed by atoms with E-state index in [-0.39, 0.29) is 23.9 Å². The lowest BCUT2D eigenvalue weighted by molar-refractivity contribution is 0.0596. The molecule has 2 aromatic rings. The van der Waals surface area contributed by atoms with Crippen molar-refractivity contribution in [1.29, 1.82) is 0 Å². The van der Waals surface area contributed by atoms with E-state index in [0.29, 0.717) is 5.16 Å². The van der Waals surface area contributed by atoms with Gasteiger partial charge >= 0.3 is 12.0 Å². The largest absolute Gasteiger partial charge is 0.465 e. The number of hydrogen-bond acceptors (Lipinski definition) is 10. The first-order valence-corrected chi connectivity index (χ1v) is 10.3. The zero-order valence-electron chi connectivity index (χ0n) is 15.1. The van der Waals surface area contributed by atoms with Gasteiger partial charge in [0, 0.05) is 7.11 Å². The molecule has 2 rings (SSSR count). The van der Waals surface area contributed by atoms with E-state index in [9.17, 15) is 18.0 Å². The number of thioether (sulfide) groups is 1. The standard InChI is InChI=1S/C15H17N5O6S2/c1-25-8-11-16-13(19-15(17-11)27-3)18-14(22)20-28(23,24)10-7-5-4-6-9(10)12(21)26-2/h4-7H,8H2,1-3H3,(H2,16,17,18,19,20,22). The first-order chi connectivity index (χ1) is 13.3. The number of nitrogens with zero attached hydrogens (tertiary/aromatic N) is 3. The van der Waals surface area contributed by atoms with Crippen molar-refractivity contribution in [2.45, 2.75) is 16.7 Å². The van der Waals surface area contributed by atoms with Crippen LogP contribution in [0.25, 0.3) is 0 Å². The van der Waals surface area contributed by atoms with Gasteiger partial charge in [-0.15, -0.1) is 0 Å². The summed E-state index contributed by atoms with van der Waals surface area (Å²) in [5, 5.41) is 2.54. The van der Waals surface area contributed by atoms with Gasteiger partial charge in [0.15, 0.2) is 11.0 Å². The molecule has 28 heavy (non-hydrogen) atoms. The lowest BCUT2D eigenvalue weighted by Gasteiger charge is -2.11. The van der Waals surface area contributed by atoms with Crippen LogP contribution < -0.4 is 10.0 Å². The number of carbonyl (C=O) groups excluding carboxylic acids is 2. The molecule has 0 spiro atoms. The van der Waals surface area contributed by atoms with E-state index < -0.39 is 26.9 Å². The Labute approximate surface area is 165 Å². The lowest BCUT2D eigenvalue weighted by atomic mass is 10.2. The van der Waals surface area contributed by atoms with Crippen LogP contribution in [0.2, 0.25) is 0 Å². The Morgan fingerprint density at radius 2 is 1.86 bits per heavy atom. The van der Waals surface area contributed by atoms with Gasteiger partial charge in [-0.2, -0.15) is 9.97 Å². The summed E-state index contributed by atoms with van der Waals surface area (Å²) >= 11 is 1.21. The fourth-order valence-electron chi connectivity index (χ4n) is 2.02. The number of sulfonamides is 1. The number of esters is 1. The Kier molecular flexibility index (Phi) is 7.25. The van der Waals surface area contributed by atoms with E-state index in [1.807, 2.05) is 0 Å². The molecule has 0 bridgehead atoms. The predicted octanol–water partition coefficient (Wildman–Crippen LogP) is 1.04. The zero-order valence-corrected chi connectivity index (χ0v) is 16.8. The lowest BCUT2D eigenvalue weighted by Crippen LogP contribution is -2.35. The Morgan fingerprint density at radius 1 is 1.14 bits per heavy atom. The van der Waals surface area contributed by atoms with Gasteiger partial charge in [0.1, 0.15) is 11.5 Å². The third-order valence-corrected chi connectivity index (χ3v) is 5.09. The highest BCUT2D eigenvalue weighted by Crippen LogP contribution is 2.17. The van der Waals surface area contributed by atoms with Gasteiger partial charge in [0.2, 0.25) is 5.95 Å². The van der Waals surface area contributed by atoms with E-state index in [2.05, 4.69) is 25.0 Å². The van der Waals surface area contributed by atoms with Crippen molar-refractivity contribution in [2.75, 3.05) is 25.8 Å². The fourth-order valence-corrected chi connectivity index (χ4v) is 3.50. The molecule has 0 saturated heterocycles. The van der Waals surface area contributed by atoms with Crippen LogP contribution in [-0.2, 0) is 26.1 Å². The van der Waals surface area contributed by atoms with Gasteiger partial charge in [-0.25, -0.2) is 27.7 Å². The smallest absolute Gasteiger partial charge is 0.339 e. The quantitative estimate of drug-likeness (QED) is 0.484. The number of carbonyl (C=O) groups is 2. The molecule has 1 heterocycles. The average Bonchev–Trinajstić information content (AvgIpc) is 2.66. The number of urea groups is 1. The molecule has 0 saturated carbocycles. The van der Waals surface area contributed by atoms with Crippen LogP contribution in [0, 0.1) is 0 Å². The zero-order chi connectivity index (χ0) is 20.7. The van der Waals surface area contributed by atoms with Crippen molar-refractivity contribution in [3.8, 4) is 0 Å². The molecule has 0 aliphatic heterocycles. The summed E-state index contributed by atoms with van der Waals surface area (Å²) in [7, 11) is -1.79. The van der Waals surface area contributed by atoms with E-state index >= 15 is 0 Å². The Balaban J connectivity index is 2.24. The molecule has 2 amide bonds. The van der Waals surface area contributed by atoms with Gasteiger partial charge in [0.05, 0.1) is 12.7 Å². The minimum atomic E-state index is -4.37. The number of methoxy groups -OCH3 is 2. The van der Waals surface area contributed by atoms with Crippen molar-refractivity contribution in [3.63, 3.8) is 0 Å². The summed E-state index contributed by atoms with van der Waals surface area (Å²) in [5.74, 6) is -0.746. The van der Waals surface area contributed by atoms with E-state index in [0.717, 1.165) is 7.11 Å². The molecule has 13 heteroatoms. The summed E-state index contributed by atoms with van der Waals surface area (Å²) in [6.07, 6.45) is 1.73. The molecule has 0 radical (unpaired) electrons. The highest BCUT2D eigenvalue weighted by atomic mass is 32.2. The van der Waals surface area contributed by atoms with Crippen molar-refractivity contribution < 1.29 is 27.5 Å². The molecule has 2 N–H and O–H groups in total. The molecule has 0 unspecified atom stereocenters. The van der Waals surface area contributed by atoms with Crippen LogP contribution in [-0.4, -0.2) is 55.8 Å². The molecule has 1 aromatic carbocycles. The van der Waals surface area contributed by atoms with E-state index in [1.54, 1.807) is 11.0 Å². The molecule has 0 aliphatic rings. The molecular formula is C15H17N5O6S2. The molecule has 11 nitrogen and oxygen atoms in total. The second-order valence-corrected chi connectivity index (χ2v) is 7.47. The number of anilines is 1.